The van der Waals surface area contributed by atoms with Crippen LogP contribution in [0.25, 0.3) is 0 Å². The first-order valence-electron chi connectivity index (χ1n) is 5.53. The molecule has 5 heteroatoms. The highest BCUT2D eigenvalue weighted by Crippen LogP contribution is 2.13. The Bertz CT molecular complexity index is 418. The maximum absolute atomic E-state index is 11.7. The maximum Gasteiger partial charge on any atom is 0.334 e. The van der Waals surface area contributed by atoms with Gasteiger partial charge >= 0.3 is 5.97 Å². The van der Waals surface area contributed by atoms with Gasteiger partial charge in [-0.1, -0.05) is 18.2 Å². The number of esters is 1. The minimum atomic E-state index is -1.20. The Balaban J connectivity index is 2.73. The molecule has 0 saturated heterocycles. The van der Waals surface area contributed by atoms with Crippen molar-refractivity contribution in [1.29, 1.82) is 0 Å². The summed E-state index contributed by atoms with van der Waals surface area (Å²) in [6.07, 6.45) is 0. The Kier molecular flexibility index (Phi) is 4.71. The van der Waals surface area contributed by atoms with Gasteiger partial charge in [0.15, 0.2) is 5.54 Å². The largest absolute Gasteiger partial charge is 0.491 e. The molecule has 0 radical (unpaired) electrons. The molecule has 0 saturated carbocycles. The second kappa shape index (κ2) is 6.05. The summed E-state index contributed by atoms with van der Waals surface area (Å²) in [6, 6.07) is 9.05. The summed E-state index contributed by atoms with van der Waals surface area (Å²) in [7, 11) is 1.27. The van der Waals surface area contributed by atoms with E-state index in [9.17, 15) is 9.59 Å². The number of rotatable bonds is 5. The molecule has 0 aliphatic rings. The van der Waals surface area contributed by atoms with Crippen molar-refractivity contribution < 1.29 is 19.1 Å². The second-order valence-corrected chi connectivity index (χ2v) is 4.11. The first-order valence-corrected chi connectivity index (χ1v) is 5.53. The highest BCUT2D eigenvalue weighted by atomic mass is 16.5. The standard InChI is InChI=1S/C13H17NO4/c1-10(15)14-13(2,12(16)17-3)9-18-11-7-5-4-6-8-11/h4-8H,9H2,1-3H3,(H,14,15). The van der Waals surface area contributed by atoms with Crippen LogP contribution in [0.1, 0.15) is 13.8 Å². The maximum atomic E-state index is 11.7. The molecular weight excluding hydrogens is 234 g/mol. The van der Waals surface area contributed by atoms with Gasteiger partial charge < -0.3 is 14.8 Å². The predicted molar refractivity (Wildman–Crippen MR) is 66.2 cm³/mol. The van der Waals surface area contributed by atoms with Crippen LogP contribution in [0, 0.1) is 0 Å². The van der Waals surface area contributed by atoms with E-state index < -0.39 is 11.5 Å². The molecule has 98 valence electrons. The summed E-state index contributed by atoms with van der Waals surface area (Å²) < 4.78 is 10.2. The molecule has 0 aliphatic carbocycles. The van der Waals surface area contributed by atoms with Crippen LogP contribution < -0.4 is 10.1 Å². The molecule has 1 aromatic carbocycles. The van der Waals surface area contributed by atoms with Gasteiger partial charge in [0.2, 0.25) is 5.91 Å². The first-order chi connectivity index (χ1) is 8.48. The fourth-order valence-electron chi connectivity index (χ4n) is 1.50. The highest BCUT2D eigenvalue weighted by molar-refractivity contribution is 5.86. The van der Waals surface area contributed by atoms with Gasteiger partial charge in [0.1, 0.15) is 12.4 Å². The van der Waals surface area contributed by atoms with Crippen LogP contribution >= 0.6 is 0 Å². The van der Waals surface area contributed by atoms with Gasteiger partial charge in [-0.25, -0.2) is 4.79 Å². The monoisotopic (exact) mass is 251 g/mol. The summed E-state index contributed by atoms with van der Waals surface area (Å²) in [4.78, 5) is 22.8. The molecule has 0 fully saturated rings. The van der Waals surface area contributed by atoms with Crippen molar-refractivity contribution in [2.45, 2.75) is 19.4 Å². The fourth-order valence-corrected chi connectivity index (χ4v) is 1.50. The number of amides is 1. The van der Waals surface area contributed by atoms with E-state index in [1.54, 1.807) is 19.1 Å². The molecule has 0 spiro atoms. The summed E-state index contributed by atoms with van der Waals surface area (Å²) >= 11 is 0. The first kappa shape index (κ1) is 14.0. The summed E-state index contributed by atoms with van der Waals surface area (Å²) in [5, 5.41) is 2.54. The molecule has 5 nitrogen and oxygen atoms in total. The zero-order valence-corrected chi connectivity index (χ0v) is 10.7. The lowest BCUT2D eigenvalue weighted by Crippen LogP contribution is -2.56. The molecule has 1 atom stereocenters. The number of ether oxygens (including phenoxy) is 2. The quantitative estimate of drug-likeness (QED) is 0.797. The molecule has 1 amide bonds. The minimum Gasteiger partial charge on any atom is -0.491 e. The Hall–Kier alpha value is -2.04. The average molecular weight is 251 g/mol. The molecule has 0 aliphatic heterocycles. The third-order valence-corrected chi connectivity index (χ3v) is 2.36. The molecular formula is C13H17NO4. The van der Waals surface area contributed by atoms with Crippen molar-refractivity contribution in [2.75, 3.05) is 13.7 Å². The van der Waals surface area contributed by atoms with Crippen LogP contribution in [0.2, 0.25) is 0 Å². The van der Waals surface area contributed by atoms with Gasteiger partial charge in [-0.3, -0.25) is 4.79 Å². The number of carbonyl (C=O) groups is 2. The molecule has 1 unspecified atom stereocenters. The summed E-state index contributed by atoms with van der Waals surface area (Å²) in [5.41, 5.74) is -1.20. The van der Waals surface area contributed by atoms with E-state index in [2.05, 4.69) is 10.1 Å². The Morgan fingerprint density at radius 3 is 2.39 bits per heavy atom. The van der Waals surface area contributed by atoms with Crippen LogP contribution in [-0.4, -0.2) is 31.1 Å². The van der Waals surface area contributed by atoms with Gasteiger partial charge in [-0.2, -0.15) is 0 Å². The van der Waals surface area contributed by atoms with E-state index in [0.29, 0.717) is 5.75 Å². The van der Waals surface area contributed by atoms with Crippen molar-refractivity contribution in [3.05, 3.63) is 30.3 Å². The summed E-state index contributed by atoms with van der Waals surface area (Å²) in [5.74, 6) is -0.244. The van der Waals surface area contributed by atoms with Crippen molar-refractivity contribution in [3.63, 3.8) is 0 Å². The number of hydrogen-bond acceptors (Lipinski definition) is 4. The molecule has 1 rings (SSSR count). The van der Waals surface area contributed by atoms with Crippen LogP contribution in [-0.2, 0) is 14.3 Å². The smallest absolute Gasteiger partial charge is 0.334 e. The van der Waals surface area contributed by atoms with E-state index in [0.717, 1.165) is 0 Å². The molecule has 0 heterocycles. The van der Waals surface area contributed by atoms with E-state index in [1.165, 1.54) is 14.0 Å². The van der Waals surface area contributed by atoms with Gasteiger partial charge in [0.05, 0.1) is 7.11 Å². The number of carbonyl (C=O) groups excluding carboxylic acids is 2. The lowest BCUT2D eigenvalue weighted by Gasteiger charge is -2.27. The fraction of sp³-hybridized carbons (Fsp3) is 0.385. The Labute approximate surface area is 106 Å². The van der Waals surface area contributed by atoms with Crippen LogP contribution in [0.3, 0.4) is 0 Å². The molecule has 1 aromatic rings. The zero-order chi connectivity index (χ0) is 13.6. The van der Waals surface area contributed by atoms with Crippen molar-refractivity contribution in [3.8, 4) is 5.75 Å². The molecule has 0 aromatic heterocycles. The highest BCUT2D eigenvalue weighted by Gasteiger charge is 2.36. The predicted octanol–water partition coefficient (Wildman–Crippen LogP) is 1.13. The number of hydrogen-bond donors (Lipinski definition) is 1. The van der Waals surface area contributed by atoms with E-state index in [-0.39, 0.29) is 12.5 Å². The number of nitrogens with one attached hydrogen (secondary N) is 1. The average Bonchev–Trinajstić information content (AvgIpc) is 2.36. The third kappa shape index (κ3) is 3.76. The Morgan fingerprint density at radius 2 is 1.89 bits per heavy atom. The van der Waals surface area contributed by atoms with E-state index in [4.69, 9.17) is 4.74 Å². The van der Waals surface area contributed by atoms with Crippen LogP contribution in [0.4, 0.5) is 0 Å². The topological polar surface area (TPSA) is 64.6 Å². The lowest BCUT2D eigenvalue weighted by atomic mass is 10.0. The van der Waals surface area contributed by atoms with Crippen molar-refractivity contribution in [1.82, 2.24) is 5.32 Å². The lowest BCUT2D eigenvalue weighted by molar-refractivity contribution is -0.151. The van der Waals surface area contributed by atoms with Gasteiger partial charge in [-0.15, -0.1) is 0 Å². The molecule has 1 N–H and O–H groups in total. The number of benzene rings is 1. The van der Waals surface area contributed by atoms with E-state index >= 15 is 0 Å². The van der Waals surface area contributed by atoms with Gasteiger partial charge in [0, 0.05) is 6.92 Å². The minimum absolute atomic E-state index is 0.00324. The zero-order valence-electron chi connectivity index (χ0n) is 10.7. The van der Waals surface area contributed by atoms with Crippen molar-refractivity contribution >= 4 is 11.9 Å². The Morgan fingerprint density at radius 1 is 1.28 bits per heavy atom. The number of methoxy groups -OCH3 is 1. The molecule has 0 bridgehead atoms. The van der Waals surface area contributed by atoms with Gasteiger partial charge in [0.25, 0.3) is 0 Å². The van der Waals surface area contributed by atoms with Gasteiger partial charge in [-0.05, 0) is 19.1 Å². The SMILES string of the molecule is COC(=O)C(C)(COc1ccccc1)NC(C)=O. The van der Waals surface area contributed by atoms with Crippen LogP contribution in [0.5, 0.6) is 5.75 Å². The number of para-hydroxylation sites is 1. The van der Waals surface area contributed by atoms with Crippen LogP contribution in [0.15, 0.2) is 30.3 Å². The van der Waals surface area contributed by atoms with E-state index in [1.807, 2.05) is 18.2 Å². The van der Waals surface area contributed by atoms with Crippen molar-refractivity contribution in [2.24, 2.45) is 0 Å². The third-order valence-electron chi connectivity index (χ3n) is 2.36. The summed E-state index contributed by atoms with van der Waals surface area (Å²) in [6.45, 7) is 2.90. The second-order valence-electron chi connectivity index (χ2n) is 4.11. The molecule has 18 heavy (non-hydrogen) atoms. The normalized spacial score (nSPS) is 13.3.